The summed E-state index contributed by atoms with van der Waals surface area (Å²) in [5, 5.41) is 8.58. The normalized spacial score (nSPS) is 10.5. The lowest BCUT2D eigenvalue weighted by atomic mass is 10.2. The summed E-state index contributed by atoms with van der Waals surface area (Å²) in [5.41, 5.74) is 1.12. The summed E-state index contributed by atoms with van der Waals surface area (Å²) >= 11 is 0. The summed E-state index contributed by atoms with van der Waals surface area (Å²) in [7, 11) is 0. The van der Waals surface area contributed by atoms with Gasteiger partial charge < -0.3 is 5.11 Å². The number of nitrogens with zero attached hydrogens (tertiary/aromatic N) is 2. The topological polar surface area (TPSA) is 53.4 Å². The zero-order valence-corrected chi connectivity index (χ0v) is 8.89. The lowest BCUT2D eigenvalue weighted by Crippen LogP contribution is -2.25. The Morgan fingerprint density at radius 3 is 2.93 bits per heavy atom. The van der Waals surface area contributed by atoms with Gasteiger partial charge in [0.1, 0.15) is 0 Å². The Hall–Kier alpha value is -1.42. The molecule has 1 aromatic heterocycles. The van der Waals surface area contributed by atoms with E-state index in [4.69, 9.17) is 5.11 Å². The van der Waals surface area contributed by atoms with Crippen molar-refractivity contribution in [3.63, 3.8) is 0 Å². The number of pyridine rings is 1. The van der Waals surface area contributed by atoms with Crippen molar-refractivity contribution in [2.75, 3.05) is 13.1 Å². The molecular weight excluding hydrogens is 192 g/mol. The third-order valence-electron chi connectivity index (χ3n) is 2.22. The fraction of sp³-hybridized carbons (Fsp3) is 0.455. The molecule has 1 heterocycles. The van der Waals surface area contributed by atoms with Crippen molar-refractivity contribution in [3.05, 3.63) is 30.1 Å². The smallest absolute Gasteiger partial charge is 0.304 e. The van der Waals surface area contributed by atoms with Crippen LogP contribution in [0, 0.1) is 0 Å². The first-order chi connectivity index (χ1) is 7.22. The van der Waals surface area contributed by atoms with Gasteiger partial charge in [-0.05, 0) is 18.2 Å². The van der Waals surface area contributed by atoms with Crippen LogP contribution in [0.5, 0.6) is 0 Å². The molecule has 1 N–H and O–H groups in total. The molecule has 1 rings (SSSR count). The number of carbonyl (C=O) groups is 1. The van der Waals surface area contributed by atoms with Crippen LogP contribution in [-0.2, 0) is 11.3 Å². The number of carboxylic acid groups (broad SMARTS) is 1. The molecule has 1 aromatic rings. The van der Waals surface area contributed by atoms with E-state index in [1.807, 2.05) is 25.3 Å². The zero-order valence-electron chi connectivity index (χ0n) is 8.89. The maximum Gasteiger partial charge on any atom is 0.304 e. The summed E-state index contributed by atoms with van der Waals surface area (Å²) in [6, 6.07) is 3.89. The number of aromatic nitrogens is 1. The van der Waals surface area contributed by atoms with Gasteiger partial charge in [0.25, 0.3) is 0 Å². The van der Waals surface area contributed by atoms with E-state index in [1.165, 1.54) is 0 Å². The van der Waals surface area contributed by atoms with Crippen molar-refractivity contribution in [1.82, 2.24) is 9.88 Å². The van der Waals surface area contributed by atoms with Crippen molar-refractivity contribution >= 4 is 5.97 Å². The number of carboxylic acids is 1. The maximum atomic E-state index is 10.4. The monoisotopic (exact) mass is 208 g/mol. The highest BCUT2D eigenvalue weighted by Gasteiger charge is 2.05. The number of hydrogen-bond acceptors (Lipinski definition) is 3. The van der Waals surface area contributed by atoms with Crippen molar-refractivity contribution in [3.8, 4) is 0 Å². The predicted octanol–water partition coefficient (Wildman–Crippen LogP) is 1.38. The second-order valence-electron chi connectivity index (χ2n) is 3.37. The Labute approximate surface area is 89.6 Å². The van der Waals surface area contributed by atoms with Crippen LogP contribution in [0.2, 0.25) is 0 Å². The molecule has 4 heteroatoms. The Kier molecular flexibility index (Phi) is 4.77. The molecule has 0 unspecified atom stereocenters. The molecule has 0 saturated carbocycles. The van der Waals surface area contributed by atoms with E-state index in [0.717, 1.165) is 18.7 Å². The summed E-state index contributed by atoms with van der Waals surface area (Å²) < 4.78 is 0. The minimum Gasteiger partial charge on any atom is -0.481 e. The molecule has 0 atom stereocenters. The summed E-state index contributed by atoms with van der Waals surface area (Å²) in [6.45, 7) is 4.22. The molecule has 0 saturated heterocycles. The maximum absolute atomic E-state index is 10.4. The van der Waals surface area contributed by atoms with E-state index >= 15 is 0 Å². The molecule has 15 heavy (non-hydrogen) atoms. The van der Waals surface area contributed by atoms with Crippen LogP contribution in [0.25, 0.3) is 0 Å². The van der Waals surface area contributed by atoms with E-state index in [0.29, 0.717) is 6.54 Å². The van der Waals surface area contributed by atoms with Crippen molar-refractivity contribution < 1.29 is 9.90 Å². The van der Waals surface area contributed by atoms with Gasteiger partial charge in [-0.15, -0.1) is 0 Å². The van der Waals surface area contributed by atoms with E-state index < -0.39 is 5.97 Å². The Morgan fingerprint density at radius 2 is 2.40 bits per heavy atom. The highest BCUT2D eigenvalue weighted by atomic mass is 16.4. The molecule has 4 nitrogen and oxygen atoms in total. The third-order valence-corrected chi connectivity index (χ3v) is 2.22. The largest absolute Gasteiger partial charge is 0.481 e. The molecule has 0 aromatic carbocycles. The second-order valence-corrected chi connectivity index (χ2v) is 3.37. The highest BCUT2D eigenvalue weighted by Crippen LogP contribution is 2.03. The second kappa shape index (κ2) is 6.14. The van der Waals surface area contributed by atoms with Crippen molar-refractivity contribution in [2.24, 2.45) is 0 Å². The standard InChI is InChI=1S/C11H16N2O2/c1-2-13(7-5-11(14)15)9-10-4-3-6-12-8-10/h3-4,6,8H,2,5,7,9H2,1H3,(H,14,15). The Bertz CT molecular complexity index is 301. The summed E-state index contributed by atoms with van der Waals surface area (Å²) in [4.78, 5) is 16.5. The number of aliphatic carboxylic acids is 1. The summed E-state index contributed by atoms with van der Waals surface area (Å²) in [5.74, 6) is -0.750. The van der Waals surface area contributed by atoms with Crippen LogP contribution in [-0.4, -0.2) is 34.0 Å². The fourth-order valence-corrected chi connectivity index (χ4v) is 1.35. The van der Waals surface area contributed by atoms with Gasteiger partial charge in [0, 0.05) is 25.5 Å². The minimum atomic E-state index is -0.750. The molecule has 0 aliphatic carbocycles. The average molecular weight is 208 g/mol. The predicted molar refractivity (Wildman–Crippen MR) is 57.4 cm³/mol. The van der Waals surface area contributed by atoms with Crippen LogP contribution in [0.1, 0.15) is 18.9 Å². The van der Waals surface area contributed by atoms with Crippen LogP contribution in [0.4, 0.5) is 0 Å². The van der Waals surface area contributed by atoms with Gasteiger partial charge in [-0.3, -0.25) is 14.7 Å². The van der Waals surface area contributed by atoms with Gasteiger partial charge in [0.05, 0.1) is 6.42 Å². The minimum absolute atomic E-state index is 0.189. The molecule has 82 valence electrons. The van der Waals surface area contributed by atoms with Gasteiger partial charge >= 0.3 is 5.97 Å². The quantitative estimate of drug-likeness (QED) is 0.767. The molecule has 0 amide bonds. The molecular formula is C11H16N2O2. The number of rotatable bonds is 6. The Morgan fingerprint density at radius 1 is 1.60 bits per heavy atom. The molecule has 0 bridgehead atoms. The molecule has 0 aliphatic rings. The number of hydrogen-bond donors (Lipinski definition) is 1. The molecule has 0 fully saturated rings. The highest BCUT2D eigenvalue weighted by molar-refractivity contribution is 5.66. The van der Waals surface area contributed by atoms with Gasteiger partial charge in [0.2, 0.25) is 0 Å². The fourth-order valence-electron chi connectivity index (χ4n) is 1.35. The van der Waals surface area contributed by atoms with Gasteiger partial charge in [-0.2, -0.15) is 0 Å². The van der Waals surface area contributed by atoms with E-state index in [1.54, 1.807) is 6.20 Å². The van der Waals surface area contributed by atoms with Crippen LogP contribution >= 0.6 is 0 Å². The third kappa shape index (κ3) is 4.56. The van der Waals surface area contributed by atoms with Crippen LogP contribution < -0.4 is 0 Å². The zero-order chi connectivity index (χ0) is 11.1. The lowest BCUT2D eigenvalue weighted by molar-refractivity contribution is -0.137. The van der Waals surface area contributed by atoms with Crippen LogP contribution in [0.3, 0.4) is 0 Å². The molecule has 0 spiro atoms. The van der Waals surface area contributed by atoms with Crippen molar-refractivity contribution in [2.45, 2.75) is 19.9 Å². The van der Waals surface area contributed by atoms with E-state index in [2.05, 4.69) is 9.88 Å². The average Bonchev–Trinajstić information content (AvgIpc) is 2.25. The molecule has 0 radical (unpaired) electrons. The first-order valence-corrected chi connectivity index (χ1v) is 5.05. The van der Waals surface area contributed by atoms with Crippen LogP contribution in [0.15, 0.2) is 24.5 Å². The van der Waals surface area contributed by atoms with Gasteiger partial charge in [-0.1, -0.05) is 13.0 Å². The lowest BCUT2D eigenvalue weighted by Gasteiger charge is -2.18. The van der Waals surface area contributed by atoms with Crippen molar-refractivity contribution in [1.29, 1.82) is 0 Å². The van der Waals surface area contributed by atoms with E-state index in [-0.39, 0.29) is 6.42 Å². The first kappa shape index (κ1) is 11.7. The first-order valence-electron chi connectivity index (χ1n) is 5.05. The van der Waals surface area contributed by atoms with E-state index in [9.17, 15) is 4.79 Å². The van der Waals surface area contributed by atoms with Gasteiger partial charge in [0.15, 0.2) is 0 Å². The molecule has 0 aliphatic heterocycles. The van der Waals surface area contributed by atoms with Gasteiger partial charge in [-0.25, -0.2) is 0 Å². The SMILES string of the molecule is CCN(CCC(=O)O)Cc1cccnc1. The summed E-state index contributed by atoms with van der Waals surface area (Å²) in [6.07, 6.45) is 3.73. The Balaban J connectivity index is 2.43.